The molecule has 4 rings (SSSR count). The third kappa shape index (κ3) is 2.31. The number of aromatic nitrogens is 2. The lowest BCUT2D eigenvalue weighted by Gasteiger charge is -2.00. The van der Waals surface area contributed by atoms with Gasteiger partial charge in [-0.3, -0.25) is 4.99 Å². The fourth-order valence-corrected chi connectivity index (χ4v) is 2.32. The standard InChI is InChI=1S/C18H13N3O/c1-2-8-15(20-12-13-6-5-11-19-13)14(7-1)18-21-16-9-3-4-10-17(16)22-18/h1-12,19H. The summed E-state index contributed by atoms with van der Waals surface area (Å²) >= 11 is 0. The Bertz CT molecular complexity index is 903. The van der Waals surface area contributed by atoms with Gasteiger partial charge in [0.25, 0.3) is 0 Å². The summed E-state index contributed by atoms with van der Waals surface area (Å²) in [5.74, 6) is 0.584. The van der Waals surface area contributed by atoms with Crippen molar-refractivity contribution in [3.8, 4) is 11.5 Å². The molecule has 2 heterocycles. The topological polar surface area (TPSA) is 54.2 Å². The number of para-hydroxylation sites is 3. The lowest BCUT2D eigenvalue weighted by atomic mass is 10.2. The van der Waals surface area contributed by atoms with Gasteiger partial charge in [0.2, 0.25) is 5.89 Å². The highest BCUT2D eigenvalue weighted by Gasteiger charge is 2.11. The van der Waals surface area contributed by atoms with Crippen molar-refractivity contribution in [2.75, 3.05) is 0 Å². The molecule has 0 fully saturated rings. The average molecular weight is 287 g/mol. The number of aromatic amines is 1. The van der Waals surface area contributed by atoms with E-state index in [0.717, 1.165) is 28.0 Å². The molecule has 0 aliphatic heterocycles. The van der Waals surface area contributed by atoms with Gasteiger partial charge >= 0.3 is 0 Å². The molecule has 0 aliphatic rings. The van der Waals surface area contributed by atoms with Crippen LogP contribution in [0.25, 0.3) is 22.6 Å². The quantitative estimate of drug-likeness (QED) is 0.561. The van der Waals surface area contributed by atoms with Crippen LogP contribution in [0.15, 0.2) is 76.3 Å². The van der Waals surface area contributed by atoms with Gasteiger partial charge in [-0.2, -0.15) is 0 Å². The Balaban J connectivity index is 1.78. The van der Waals surface area contributed by atoms with Crippen LogP contribution in [0.1, 0.15) is 5.69 Å². The number of rotatable bonds is 3. The van der Waals surface area contributed by atoms with Crippen LogP contribution in [0.3, 0.4) is 0 Å². The first-order valence-corrected chi connectivity index (χ1v) is 7.02. The van der Waals surface area contributed by atoms with Crippen LogP contribution >= 0.6 is 0 Å². The van der Waals surface area contributed by atoms with Gasteiger partial charge in [0, 0.05) is 6.20 Å². The predicted molar refractivity (Wildman–Crippen MR) is 87.5 cm³/mol. The molecule has 4 aromatic rings. The van der Waals surface area contributed by atoms with Crippen molar-refractivity contribution in [1.29, 1.82) is 0 Å². The Hall–Kier alpha value is -3.14. The van der Waals surface area contributed by atoms with Gasteiger partial charge in [-0.15, -0.1) is 0 Å². The maximum atomic E-state index is 5.84. The lowest BCUT2D eigenvalue weighted by molar-refractivity contribution is 0.620. The van der Waals surface area contributed by atoms with E-state index in [1.54, 1.807) is 6.21 Å². The molecule has 0 radical (unpaired) electrons. The number of benzene rings is 2. The normalized spacial score (nSPS) is 11.5. The highest BCUT2D eigenvalue weighted by molar-refractivity contribution is 5.84. The second-order valence-corrected chi connectivity index (χ2v) is 4.89. The summed E-state index contributed by atoms with van der Waals surface area (Å²) in [5.41, 5.74) is 4.28. The van der Waals surface area contributed by atoms with Gasteiger partial charge in [-0.1, -0.05) is 24.3 Å². The predicted octanol–water partition coefficient (Wildman–Crippen LogP) is 4.57. The van der Waals surface area contributed by atoms with Crippen LogP contribution in [-0.2, 0) is 0 Å². The highest BCUT2D eigenvalue weighted by Crippen LogP contribution is 2.31. The molecule has 106 valence electrons. The summed E-state index contributed by atoms with van der Waals surface area (Å²) in [4.78, 5) is 12.2. The van der Waals surface area contributed by atoms with Crippen molar-refractivity contribution in [2.24, 2.45) is 4.99 Å². The molecule has 4 heteroatoms. The zero-order valence-corrected chi connectivity index (χ0v) is 11.7. The molecule has 0 atom stereocenters. The Labute approximate surface area is 127 Å². The minimum absolute atomic E-state index is 0.584. The van der Waals surface area contributed by atoms with Crippen LogP contribution in [-0.4, -0.2) is 16.2 Å². The van der Waals surface area contributed by atoms with E-state index in [1.165, 1.54) is 0 Å². The highest BCUT2D eigenvalue weighted by atomic mass is 16.3. The molecule has 4 nitrogen and oxygen atoms in total. The largest absolute Gasteiger partial charge is 0.436 e. The van der Waals surface area contributed by atoms with Crippen molar-refractivity contribution >= 4 is 23.0 Å². The lowest BCUT2D eigenvalue weighted by Crippen LogP contribution is -1.82. The second-order valence-electron chi connectivity index (χ2n) is 4.89. The first kappa shape index (κ1) is 12.6. The monoisotopic (exact) mass is 287 g/mol. The number of aliphatic imine (C=N–C) groups is 1. The molecule has 0 saturated heterocycles. The third-order valence-corrected chi connectivity index (χ3v) is 3.39. The van der Waals surface area contributed by atoms with Crippen molar-refractivity contribution in [3.63, 3.8) is 0 Å². The summed E-state index contributed by atoms with van der Waals surface area (Å²) in [6.07, 6.45) is 3.66. The van der Waals surface area contributed by atoms with E-state index in [2.05, 4.69) is 15.0 Å². The van der Waals surface area contributed by atoms with Crippen LogP contribution in [0.4, 0.5) is 5.69 Å². The zero-order chi connectivity index (χ0) is 14.8. The summed E-state index contributed by atoms with van der Waals surface area (Å²) < 4.78 is 5.84. The zero-order valence-electron chi connectivity index (χ0n) is 11.7. The molecular formula is C18H13N3O. The van der Waals surface area contributed by atoms with Crippen molar-refractivity contribution < 1.29 is 4.42 Å². The van der Waals surface area contributed by atoms with Crippen molar-refractivity contribution in [2.45, 2.75) is 0 Å². The average Bonchev–Trinajstić information content (AvgIpc) is 3.22. The fourth-order valence-electron chi connectivity index (χ4n) is 2.32. The van der Waals surface area contributed by atoms with E-state index in [0.29, 0.717) is 5.89 Å². The van der Waals surface area contributed by atoms with E-state index >= 15 is 0 Å². The second kappa shape index (κ2) is 5.33. The Morgan fingerprint density at radius 1 is 0.955 bits per heavy atom. The Kier molecular flexibility index (Phi) is 3.05. The summed E-state index contributed by atoms with van der Waals surface area (Å²) in [6, 6.07) is 19.5. The van der Waals surface area contributed by atoms with Crippen LogP contribution in [0, 0.1) is 0 Å². The smallest absolute Gasteiger partial charge is 0.229 e. The van der Waals surface area contributed by atoms with Gasteiger partial charge in [-0.05, 0) is 36.4 Å². The van der Waals surface area contributed by atoms with Crippen LogP contribution in [0.5, 0.6) is 0 Å². The van der Waals surface area contributed by atoms with Gasteiger partial charge in [0.05, 0.1) is 23.2 Å². The molecule has 0 bridgehead atoms. The van der Waals surface area contributed by atoms with E-state index < -0.39 is 0 Å². The van der Waals surface area contributed by atoms with Gasteiger partial charge in [-0.25, -0.2) is 4.98 Å². The van der Waals surface area contributed by atoms with Gasteiger partial charge < -0.3 is 9.40 Å². The Morgan fingerprint density at radius 3 is 2.68 bits per heavy atom. The molecule has 2 aromatic heterocycles. The first-order valence-electron chi connectivity index (χ1n) is 7.02. The first-order chi connectivity index (χ1) is 10.9. The molecule has 1 N–H and O–H groups in total. The molecule has 2 aromatic carbocycles. The summed E-state index contributed by atoms with van der Waals surface area (Å²) in [7, 11) is 0. The van der Waals surface area contributed by atoms with E-state index in [1.807, 2.05) is 66.9 Å². The molecular weight excluding hydrogens is 274 g/mol. The van der Waals surface area contributed by atoms with Gasteiger partial charge in [0.1, 0.15) is 5.52 Å². The SMILES string of the molecule is C(=Nc1ccccc1-c1nc2ccccc2o1)c1ccc[nH]1. The summed E-state index contributed by atoms with van der Waals surface area (Å²) in [5, 5.41) is 0. The van der Waals surface area contributed by atoms with E-state index in [-0.39, 0.29) is 0 Å². The minimum atomic E-state index is 0.584. The number of nitrogens with one attached hydrogen (secondary N) is 1. The minimum Gasteiger partial charge on any atom is -0.436 e. The maximum absolute atomic E-state index is 5.84. The fraction of sp³-hybridized carbons (Fsp3) is 0. The van der Waals surface area contributed by atoms with Crippen molar-refractivity contribution in [3.05, 3.63) is 72.6 Å². The molecule has 0 amide bonds. The number of fused-ring (bicyclic) bond motifs is 1. The maximum Gasteiger partial charge on any atom is 0.229 e. The molecule has 0 unspecified atom stereocenters. The van der Waals surface area contributed by atoms with E-state index in [4.69, 9.17) is 4.42 Å². The van der Waals surface area contributed by atoms with E-state index in [9.17, 15) is 0 Å². The van der Waals surface area contributed by atoms with Gasteiger partial charge in [0.15, 0.2) is 5.58 Å². The molecule has 0 spiro atoms. The number of nitrogens with zero attached hydrogens (tertiary/aromatic N) is 2. The van der Waals surface area contributed by atoms with Crippen LogP contribution < -0.4 is 0 Å². The van der Waals surface area contributed by atoms with Crippen LogP contribution in [0.2, 0.25) is 0 Å². The van der Waals surface area contributed by atoms with Crippen molar-refractivity contribution in [1.82, 2.24) is 9.97 Å². The summed E-state index contributed by atoms with van der Waals surface area (Å²) in [6.45, 7) is 0. The molecule has 0 aliphatic carbocycles. The molecule has 0 saturated carbocycles. The Morgan fingerprint density at radius 2 is 1.82 bits per heavy atom. The number of hydrogen-bond acceptors (Lipinski definition) is 3. The number of H-pyrrole nitrogens is 1. The number of hydrogen-bond donors (Lipinski definition) is 1. The third-order valence-electron chi connectivity index (χ3n) is 3.39. The number of oxazole rings is 1. The molecule has 22 heavy (non-hydrogen) atoms.